The van der Waals surface area contributed by atoms with Crippen LogP contribution in [0.4, 0.5) is 5.69 Å². The molecule has 0 aliphatic carbocycles. The molecule has 8 nitrogen and oxygen atoms in total. The number of carbonyl (C=O) groups is 2. The molecule has 8 heteroatoms. The van der Waals surface area contributed by atoms with Gasteiger partial charge >= 0.3 is 5.97 Å². The van der Waals surface area contributed by atoms with Crippen LogP contribution in [0.3, 0.4) is 0 Å². The Hall–Kier alpha value is -3.16. The molecule has 1 aromatic heterocycles. The maximum Gasteiger partial charge on any atom is 0.339 e. The predicted octanol–water partition coefficient (Wildman–Crippen LogP) is 0.426. The van der Waals surface area contributed by atoms with Crippen LogP contribution in [-0.2, 0) is 0 Å². The fourth-order valence-electron chi connectivity index (χ4n) is 1.47. The van der Waals surface area contributed by atoms with Crippen molar-refractivity contribution >= 4 is 17.6 Å². The van der Waals surface area contributed by atoms with Crippen LogP contribution in [0.1, 0.15) is 20.8 Å². The van der Waals surface area contributed by atoms with Gasteiger partial charge in [0.05, 0.1) is 11.9 Å². The van der Waals surface area contributed by atoms with Crippen molar-refractivity contribution in [3.05, 3.63) is 52.2 Å². The minimum Gasteiger partial charge on any atom is -0.505 e. The van der Waals surface area contributed by atoms with E-state index in [0.717, 1.165) is 12.4 Å². The van der Waals surface area contributed by atoms with Crippen molar-refractivity contribution in [2.24, 2.45) is 0 Å². The molecule has 2 aromatic rings. The Morgan fingerprint density at radius 1 is 1.30 bits per heavy atom. The Morgan fingerprint density at radius 3 is 2.65 bits per heavy atom. The van der Waals surface area contributed by atoms with E-state index in [-0.39, 0.29) is 16.9 Å². The van der Waals surface area contributed by atoms with E-state index in [1.54, 1.807) is 0 Å². The van der Waals surface area contributed by atoms with Gasteiger partial charge in [0.15, 0.2) is 5.75 Å². The SMILES string of the molecule is O=C(Nc1cccc(C(=O)O)c1O)c1c[nH]c(=O)cn1. The maximum atomic E-state index is 11.8. The van der Waals surface area contributed by atoms with Crippen LogP contribution in [-0.4, -0.2) is 32.1 Å². The molecule has 0 unspecified atom stereocenters. The number of aromatic nitrogens is 2. The number of nitrogens with zero attached hydrogens (tertiary/aromatic N) is 1. The normalized spacial score (nSPS) is 10.0. The van der Waals surface area contributed by atoms with Crippen LogP contribution < -0.4 is 10.9 Å². The highest BCUT2D eigenvalue weighted by Crippen LogP contribution is 2.27. The van der Waals surface area contributed by atoms with Crippen molar-refractivity contribution in [1.29, 1.82) is 0 Å². The highest BCUT2D eigenvalue weighted by Gasteiger charge is 2.15. The molecular weight excluding hydrogens is 266 g/mol. The largest absolute Gasteiger partial charge is 0.505 e. The standard InChI is InChI=1S/C12H9N3O5/c16-9-5-13-8(4-14-9)11(18)15-7-3-1-2-6(10(7)17)12(19)20/h1-5,17H,(H,14,16)(H,15,18)(H,19,20). The van der Waals surface area contributed by atoms with Crippen LogP contribution >= 0.6 is 0 Å². The van der Waals surface area contributed by atoms with Crippen molar-refractivity contribution in [1.82, 2.24) is 9.97 Å². The van der Waals surface area contributed by atoms with E-state index in [4.69, 9.17) is 5.11 Å². The Kier molecular flexibility index (Phi) is 3.47. The first-order valence-corrected chi connectivity index (χ1v) is 5.40. The molecule has 0 fully saturated rings. The number of amides is 1. The van der Waals surface area contributed by atoms with Gasteiger partial charge in [-0.25, -0.2) is 9.78 Å². The molecule has 0 radical (unpaired) electrons. The zero-order chi connectivity index (χ0) is 14.7. The molecule has 1 heterocycles. The summed E-state index contributed by atoms with van der Waals surface area (Å²) < 4.78 is 0. The van der Waals surface area contributed by atoms with Gasteiger partial charge in [0.1, 0.15) is 11.3 Å². The number of carbonyl (C=O) groups excluding carboxylic acids is 1. The molecule has 0 spiro atoms. The molecule has 0 aliphatic heterocycles. The molecule has 0 saturated heterocycles. The average molecular weight is 275 g/mol. The number of rotatable bonds is 3. The van der Waals surface area contributed by atoms with Crippen LogP contribution in [0.5, 0.6) is 5.75 Å². The Morgan fingerprint density at radius 2 is 2.05 bits per heavy atom. The number of hydrogen-bond acceptors (Lipinski definition) is 5. The minimum atomic E-state index is -1.32. The lowest BCUT2D eigenvalue weighted by molar-refractivity contribution is 0.0693. The second-order valence-electron chi connectivity index (χ2n) is 3.76. The first-order chi connectivity index (χ1) is 9.49. The summed E-state index contributed by atoms with van der Waals surface area (Å²) in [7, 11) is 0. The number of para-hydroxylation sites is 1. The van der Waals surface area contributed by atoms with Crippen molar-refractivity contribution < 1.29 is 19.8 Å². The first kappa shape index (κ1) is 13.3. The van der Waals surface area contributed by atoms with Crippen molar-refractivity contribution in [3.8, 4) is 5.75 Å². The molecule has 102 valence electrons. The second kappa shape index (κ2) is 5.22. The summed E-state index contributed by atoms with van der Waals surface area (Å²) in [4.78, 5) is 39.4. The number of aromatic hydroxyl groups is 1. The number of carboxylic acids is 1. The van der Waals surface area contributed by atoms with Crippen LogP contribution in [0.25, 0.3) is 0 Å². The highest BCUT2D eigenvalue weighted by atomic mass is 16.4. The molecule has 0 atom stereocenters. The van der Waals surface area contributed by atoms with Crippen molar-refractivity contribution in [2.45, 2.75) is 0 Å². The van der Waals surface area contributed by atoms with Gasteiger partial charge in [0.25, 0.3) is 11.5 Å². The van der Waals surface area contributed by atoms with E-state index < -0.39 is 23.2 Å². The molecule has 20 heavy (non-hydrogen) atoms. The third-order valence-electron chi connectivity index (χ3n) is 2.42. The fourth-order valence-corrected chi connectivity index (χ4v) is 1.47. The highest BCUT2D eigenvalue weighted by molar-refractivity contribution is 6.04. The number of carboxylic acid groups (broad SMARTS) is 1. The average Bonchev–Trinajstić information content (AvgIpc) is 2.41. The minimum absolute atomic E-state index is 0.0668. The molecule has 2 rings (SSSR count). The summed E-state index contributed by atoms with van der Waals surface area (Å²) >= 11 is 0. The Balaban J connectivity index is 2.28. The van der Waals surface area contributed by atoms with Crippen molar-refractivity contribution in [2.75, 3.05) is 5.32 Å². The summed E-state index contributed by atoms with van der Waals surface area (Å²) in [6.07, 6.45) is 2.04. The summed E-state index contributed by atoms with van der Waals surface area (Å²) in [6.45, 7) is 0. The third kappa shape index (κ3) is 2.64. The monoisotopic (exact) mass is 275 g/mol. The molecule has 4 N–H and O–H groups in total. The summed E-state index contributed by atoms with van der Waals surface area (Å²) in [5.41, 5.74) is -0.942. The Labute approximate surface area is 111 Å². The number of nitrogens with one attached hydrogen (secondary N) is 2. The number of aromatic carboxylic acids is 1. The lowest BCUT2D eigenvalue weighted by Gasteiger charge is -2.08. The van der Waals surface area contributed by atoms with Crippen LogP contribution in [0.2, 0.25) is 0 Å². The van der Waals surface area contributed by atoms with Crippen LogP contribution in [0, 0.1) is 0 Å². The summed E-state index contributed by atoms with van der Waals surface area (Å²) in [5, 5.41) is 20.9. The van der Waals surface area contributed by atoms with Gasteiger partial charge in [-0.2, -0.15) is 0 Å². The van der Waals surface area contributed by atoms with E-state index in [2.05, 4.69) is 15.3 Å². The van der Waals surface area contributed by atoms with Gasteiger partial charge in [-0.3, -0.25) is 9.59 Å². The smallest absolute Gasteiger partial charge is 0.339 e. The van der Waals surface area contributed by atoms with Crippen LogP contribution in [0.15, 0.2) is 35.4 Å². The number of H-pyrrole nitrogens is 1. The van der Waals surface area contributed by atoms with Gasteiger partial charge in [-0.15, -0.1) is 0 Å². The molecule has 0 aliphatic rings. The summed E-state index contributed by atoms with van der Waals surface area (Å²) in [5.74, 6) is -2.57. The lowest BCUT2D eigenvalue weighted by Crippen LogP contribution is -2.17. The topological polar surface area (TPSA) is 132 Å². The fraction of sp³-hybridized carbons (Fsp3) is 0. The van der Waals surface area contributed by atoms with Gasteiger partial charge in [0.2, 0.25) is 0 Å². The van der Waals surface area contributed by atoms with E-state index in [9.17, 15) is 19.5 Å². The third-order valence-corrected chi connectivity index (χ3v) is 2.42. The number of anilines is 1. The van der Waals surface area contributed by atoms with E-state index in [1.807, 2.05) is 0 Å². The first-order valence-electron chi connectivity index (χ1n) is 5.40. The number of aromatic amines is 1. The number of hydrogen-bond donors (Lipinski definition) is 4. The lowest BCUT2D eigenvalue weighted by atomic mass is 10.1. The summed E-state index contributed by atoms with van der Waals surface area (Å²) in [6, 6.07) is 3.91. The number of benzene rings is 1. The zero-order valence-electron chi connectivity index (χ0n) is 9.95. The van der Waals surface area contributed by atoms with E-state index in [0.29, 0.717) is 0 Å². The van der Waals surface area contributed by atoms with E-state index in [1.165, 1.54) is 18.2 Å². The molecule has 0 bridgehead atoms. The molecular formula is C12H9N3O5. The van der Waals surface area contributed by atoms with Gasteiger partial charge < -0.3 is 20.5 Å². The quantitative estimate of drug-likeness (QED) is 0.600. The van der Waals surface area contributed by atoms with Gasteiger partial charge in [-0.05, 0) is 12.1 Å². The second-order valence-corrected chi connectivity index (χ2v) is 3.76. The van der Waals surface area contributed by atoms with Crippen molar-refractivity contribution in [3.63, 3.8) is 0 Å². The van der Waals surface area contributed by atoms with Gasteiger partial charge in [0, 0.05) is 6.20 Å². The zero-order valence-corrected chi connectivity index (χ0v) is 9.95. The van der Waals surface area contributed by atoms with Gasteiger partial charge in [-0.1, -0.05) is 6.07 Å². The predicted molar refractivity (Wildman–Crippen MR) is 67.9 cm³/mol. The maximum absolute atomic E-state index is 11.8. The Bertz CT molecular complexity index is 718. The molecule has 0 saturated carbocycles. The molecule has 1 amide bonds. The number of phenols is 1. The van der Waals surface area contributed by atoms with E-state index >= 15 is 0 Å². The molecule has 1 aromatic carbocycles.